The van der Waals surface area contributed by atoms with Gasteiger partial charge in [-0.05, 0) is 43.0 Å². The van der Waals surface area contributed by atoms with Crippen LogP contribution < -0.4 is 10.1 Å². The average molecular weight is 354 g/mol. The van der Waals surface area contributed by atoms with E-state index in [1.807, 2.05) is 18.2 Å². The topological polar surface area (TPSA) is 38.3 Å². The summed E-state index contributed by atoms with van der Waals surface area (Å²) in [5, 5.41) is 3.10. The zero-order valence-corrected chi connectivity index (χ0v) is 14.2. The largest absolute Gasteiger partial charge is 0.483 e. The maximum Gasteiger partial charge on any atom is 0.258 e. The molecule has 1 aliphatic carbocycles. The number of halogens is 1. The van der Waals surface area contributed by atoms with Crippen LogP contribution in [0.25, 0.3) is 0 Å². The van der Waals surface area contributed by atoms with Gasteiger partial charge in [0.2, 0.25) is 0 Å². The fourth-order valence-corrected chi connectivity index (χ4v) is 3.21. The van der Waals surface area contributed by atoms with Gasteiger partial charge < -0.3 is 10.1 Å². The van der Waals surface area contributed by atoms with Gasteiger partial charge in [-0.15, -0.1) is 0 Å². The van der Waals surface area contributed by atoms with Crippen LogP contribution in [0.5, 0.6) is 5.75 Å². The highest BCUT2D eigenvalue weighted by Crippen LogP contribution is 2.23. The summed E-state index contributed by atoms with van der Waals surface area (Å²) in [4.78, 5) is 12.0. The number of ether oxygens (including phenoxy) is 1. The van der Waals surface area contributed by atoms with Gasteiger partial charge in [0, 0.05) is 10.5 Å². The van der Waals surface area contributed by atoms with Crippen LogP contribution >= 0.6 is 15.9 Å². The summed E-state index contributed by atoms with van der Waals surface area (Å²) >= 11 is 3.46. The van der Waals surface area contributed by atoms with E-state index in [0.29, 0.717) is 6.04 Å². The minimum Gasteiger partial charge on any atom is -0.483 e. The molecule has 0 saturated heterocycles. The van der Waals surface area contributed by atoms with Gasteiger partial charge in [-0.1, -0.05) is 48.5 Å². The molecule has 0 aliphatic heterocycles. The van der Waals surface area contributed by atoms with E-state index in [4.69, 9.17) is 4.74 Å². The molecule has 1 fully saturated rings. The summed E-state index contributed by atoms with van der Waals surface area (Å²) in [6, 6.07) is 6.23. The number of hydrogen-bond acceptors (Lipinski definition) is 2. The Morgan fingerprint density at radius 2 is 2.00 bits per heavy atom. The van der Waals surface area contributed by atoms with Crippen LogP contribution in [0.15, 0.2) is 22.7 Å². The number of aryl methyl sites for hydroxylation is 1. The first-order valence-corrected chi connectivity index (χ1v) is 8.69. The Bertz CT molecular complexity index is 468. The molecule has 0 unspecified atom stereocenters. The molecule has 1 amide bonds. The summed E-state index contributed by atoms with van der Waals surface area (Å²) in [6.45, 7) is 2.19. The molecule has 4 heteroatoms. The fourth-order valence-electron chi connectivity index (χ4n) is 2.80. The number of amides is 1. The zero-order chi connectivity index (χ0) is 15.1. The molecule has 0 bridgehead atoms. The lowest BCUT2D eigenvalue weighted by molar-refractivity contribution is -0.123. The van der Waals surface area contributed by atoms with Crippen molar-refractivity contribution in [2.24, 2.45) is 0 Å². The zero-order valence-electron chi connectivity index (χ0n) is 12.7. The first-order valence-electron chi connectivity index (χ1n) is 7.89. The van der Waals surface area contributed by atoms with Gasteiger partial charge in [-0.3, -0.25) is 4.79 Å². The predicted octanol–water partition coefficient (Wildman–Crippen LogP) is 4.23. The second-order valence-corrected chi connectivity index (χ2v) is 6.57. The van der Waals surface area contributed by atoms with Crippen molar-refractivity contribution in [3.8, 4) is 5.75 Å². The Hall–Kier alpha value is -1.03. The molecule has 0 heterocycles. The molecular weight excluding hydrogens is 330 g/mol. The molecule has 1 aromatic rings. The van der Waals surface area contributed by atoms with Crippen molar-refractivity contribution < 1.29 is 9.53 Å². The van der Waals surface area contributed by atoms with E-state index in [1.165, 1.54) is 25.7 Å². The van der Waals surface area contributed by atoms with E-state index in [1.54, 1.807) is 0 Å². The summed E-state index contributed by atoms with van der Waals surface area (Å²) in [7, 11) is 0. The van der Waals surface area contributed by atoms with Crippen molar-refractivity contribution in [2.75, 3.05) is 6.61 Å². The molecule has 2 rings (SSSR count). The van der Waals surface area contributed by atoms with Crippen molar-refractivity contribution in [3.05, 3.63) is 28.2 Å². The predicted molar refractivity (Wildman–Crippen MR) is 88.6 cm³/mol. The van der Waals surface area contributed by atoms with Crippen molar-refractivity contribution in [1.29, 1.82) is 0 Å². The first-order chi connectivity index (χ1) is 10.2. The van der Waals surface area contributed by atoms with Crippen LogP contribution in [-0.4, -0.2) is 18.6 Å². The summed E-state index contributed by atoms with van der Waals surface area (Å²) in [5.74, 6) is 0.795. The Labute approximate surface area is 135 Å². The van der Waals surface area contributed by atoms with E-state index in [9.17, 15) is 4.79 Å². The smallest absolute Gasteiger partial charge is 0.258 e. The highest BCUT2D eigenvalue weighted by Gasteiger charge is 2.15. The number of carbonyl (C=O) groups excluding carboxylic acids is 1. The van der Waals surface area contributed by atoms with Crippen molar-refractivity contribution in [3.63, 3.8) is 0 Å². The summed E-state index contributed by atoms with van der Waals surface area (Å²) < 4.78 is 6.72. The Morgan fingerprint density at radius 1 is 1.29 bits per heavy atom. The second kappa shape index (κ2) is 8.42. The molecule has 0 radical (unpaired) electrons. The van der Waals surface area contributed by atoms with Crippen molar-refractivity contribution in [2.45, 2.75) is 57.9 Å². The van der Waals surface area contributed by atoms with Crippen molar-refractivity contribution in [1.82, 2.24) is 5.32 Å². The summed E-state index contributed by atoms with van der Waals surface area (Å²) in [6.07, 6.45) is 8.12. The molecular formula is C17H24BrNO2. The van der Waals surface area contributed by atoms with Crippen LogP contribution in [0.3, 0.4) is 0 Å². The first kappa shape index (κ1) is 16.3. The monoisotopic (exact) mass is 353 g/mol. The minimum atomic E-state index is -0.00753. The van der Waals surface area contributed by atoms with Crippen LogP contribution in [0.1, 0.15) is 51.0 Å². The molecule has 1 N–H and O–H groups in total. The minimum absolute atomic E-state index is 0.00753. The normalized spacial score (nSPS) is 16.3. The van der Waals surface area contributed by atoms with Gasteiger partial charge in [0.05, 0.1) is 0 Å². The molecule has 0 atom stereocenters. The Morgan fingerprint density at radius 3 is 2.67 bits per heavy atom. The molecule has 0 aromatic heterocycles. The van der Waals surface area contributed by atoms with E-state index >= 15 is 0 Å². The molecule has 1 aromatic carbocycles. The van der Waals surface area contributed by atoms with Gasteiger partial charge in [-0.25, -0.2) is 0 Å². The van der Waals surface area contributed by atoms with E-state index in [2.05, 4.69) is 28.2 Å². The maximum atomic E-state index is 12.0. The standard InChI is InChI=1S/C17H24BrNO2/c1-2-13-11-14(18)9-10-16(13)21-12-17(20)19-15-7-5-3-4-6-8-15/h9-11,15H,2-8,12H2,1H3,(H,19,20). The highest BCUT2D eigenvalue weighted by atomic mass is 79.9. The number of hydrogen-bond donors (Lipinski definition) is 1. The Balaban J connectivity index is 1.83. The van der Waals surface area contributed by atoms with Crippen LogP contribution in [0.2, 0.25) is 0 Å². The summed E-state index contributed by atoms with van der Waals surface area (Å²) in [5.41, 5.74) is 1.12. The van der Waals surface area contributed by atoms with Crippen LogP contribution in [0, 0.1) is 0 Å². The number of carbonyl (C=O) groups is 1. The van der Waals surface area contributed by atoms with Crippen molar-refractivity contribution >= 4 is 21.8 Å². The van der Waals surface area contributed by atoms with Crippen LogP contribution in [0.4, 0.5) is 0 Å². The number of nitrogens with one attached hydrogen (secondary N) is 1. The van der Waals surface area contributed by atoms with Gasteiger partial charge >= 0.3 is 0 Å². The third kappa shape index (κ3) is 5.34. The molecule has 21 heavy (non-hydrogen) atoms. The van der Waals surface area contributed by atoms with Gasteiger partial charge in [0.25, 0.3) is 5.91 Å². The molecule has 3 nitrogen and oxygen atoms in total. The van der Waals surface area contributed by atoms with E-state index < -0.39 is 0 Å². The quantitative estimate of drug-likeness (QED) is 0.804. The van der Waals surface area contributed by atoms with E-state index in [-0.39, 0.29) is 12.5 Å². The lowest BCUT2D eigenvalue weighted by Crippen LogP contribution is -2.37. The highest BCUT2D eigenvalue weighted by molar-refractivity contribution is 9.10. The van der Waals surface area contributed by atoms with E-state index in [0.717, 1.165) is 35.0 Å². The maximum absolute atomic E-state index is 12.0. The molecule has 1 saturated carbocycles. The molecule has 1 aliphatic rings. The molecule has 0 spiro atoms. The average Bonchev–Trinajstić information content (AvgIpc) is 2.74. The third-order valence-electron chi connectivity index (χ3n) is 3.98. The lowest BCUT2D eigenvalue weighted by Gasteiger charge is -2.17. The van der Waals surface area contributed by atoms with Gasteiger partial charge in [0.15, 0.2) is 6.61 Å². The van der Waals surface area contributed by atoms with Gasteiger partial charge in [-0.2, -0.15) is 0 Å². The molecule has 116 valence electrons. The third-order valence-corrected chi connectivity index (χ3v) is 4.48. The lowest BCUT2D eigenvalue weighted by atomic mass is 10.1. The second-order valence-electron chi connectivity index (χ2n) is 5.65. The fraction of sp³-hybridized carbons (Fsp3) is 0.588. The SMILES string of the molecule is CCc1cc(Br)ccc1OCC(=O)NC1CCCCCC1. The number of benzene rings is 1. The number of rotatable bonds is 5. The Kier molecular flexibility index (Phi) is 6.55. The van der Waals surface area contributed by atoms with Gasteiger partial charge in [0.1, 0.15) is 5.75 Å². The van der Waals surface area contributed by atoms with Crippen LogP contribution in [-0.2, 0) is 11.2 Å².